The number of nitrogens with zero attached hydrogens (tertiary/aromatic N) is 1. The number of ether oxygens (including phenoxy) is 3. The van der Waals surface area contributed by atoms with Crippen LogP contribution in [-0.2, 0) is 9.53 Å². The lowest BCUT2D eigenvalue weighted by atomic mass is 10.1. The van der Waals surface area contributed by atoms with E-state index in [4.69, 9.17) is 14.2 Å². The number of carbonyl (C=O) groups is 2. The van der Waals surface area contributed by atoms with E-state index in [1.165, 1.54) is 18.9 Å². The standard InChI is InChI=1S/C20H18N2O5S/c1-25-13-8-9-16(26-2)12(10-13)11-17-18(23)22-20(28-17)21-15-7-5-4-6-14(15)19(24)27-3/h4-11H,1-3H3,(H,21,22,23)/b17-11-. The van der Waals surface area contributed by atoms with Crippen molar-refractivity contribution in [2.45, 2.75) is 0 Å². The second-order valence-corrected chi connectivity index (χ2v) is 6.63. The summed E-state index contributed by atoms with van der Waals surface area (Å²) in [4.78, 5) is 29.1. The number of hydrogen-bond donors (Lipinski definition) is 1. The zero-order chi connectivity index (χ0) is 20.1. The first-order valence-corrected chi connectivity index (χ1v) is 9.06. The van der Waals surface area contributed by atoms with Crippen molar-refractivity contribution >= 4 is 40.6 Å². The van der Waals surface area contributed by atoms with Crippen LogP contribution in [0.25, 0.3) is 6.08 Å². The van der Waals surface area contributed by atoms with Crippen molar-refractivity contribution in [1.82, 2.24) is 5.32 Å². The number of methoxy groups -OCH3 is 3. The fourth-order valence-corrected chi connectivity index (χ4v) is 3.36. The molecule has 1 aliphatic rings. The van der Waals surface area contributed by atoms with E-state index in [-0.39, 0.29) is 5.91 Å². The van der Waals surface area contributed by atoms with Crippen molar-refractivity contribution in [3.63, 3.8) is 0 Å². The van der Waals surface area contributed by atoms with Crippen molar-refractivity contribution in [2.24, 2.45) is 4.99 Å². The zero-order valence-corrected chi connectivity index (χ0v) is 16.3. The second kappa shape index (κ2) is 8.62. The number of amides is 1. The molecule has 0 unspecified atom stereocenters. The third kappa shape index (κ3) is 4.17. The van der Waals surface area contributed by atoms with E-state index >= 15 is 0 Å². The van der Waals surface area contributed by atoms with Crippen LogP contribution in [0.15, 0.2) is 52.4 Å². The predicted octanol–water partition coefficient (Wildman–Crippen LogP) is 3.38. The summed E-state index contributed by atoms with van der Waals surface area (Å²) in [5, 5.41) is 3.07. The molecular weight excluding hydrogens is 380 g/mol. The molecule has 8 heteroatoms. The van der Waals surface area contributed by atoms with Crippen LogP contribution in [0, 0.1) is 0 Å². The van der Waals surface area contributed by atoms with Crippen LogP contribution in [0.2, 0.25) is 0 Å². The number of benzene rings is 2. The quantitative estimate of drug-likeness (QED) is 0.614. The van der Waals surface area contributed by atoms with Gasteiger partial charge >= 0.3 is 5.97 Å². The maximum Gasteiger partial charge on any atom is 0.340 e. The van der Waals surface area contributed by atoms with Crippen LogP contribution in [-0.4, -0.2) is 38.4 Å². The number of esters is 1. The number of aliphatic imine (C=N–C) groups is 1. The molecular formula is C20H18N2O5S. The molecule has 144 valence electrons. The van der Waals surface area contributed by atoms with E-state index in [1.807, 2.05) is 0 Å². The number of rotatable bonds is 5. The van der Waals surface area contributed by atoms with Crippen molar-refractivity contribution in [1.29, 1.82) is 0 Å². The Kier molecular flexibility index (Phi) is 6.00. The maximum absolute atomic E-state index is 12.4. The van der Waals surface area contributed by atoms with Gasteiger partial charge in [-0.05, 0) is 48.2 Å². The minimum Gasteiger partial charge on any atom is -0.497 e. The Balaban J connectivity index is 1.92. The summed E-state index contributed by atoms with van der Waals surface area (Å²) in [5.41, 5.74) is 1.44. The largest absolute Gasteiger partial charge is 0.497 e. The molecule has 28 heavy (non-hydrogen) atoms. The molecule has 0 aromatic heterocycles. The molecule has 1 N–H and O–H groups in total. The van der Waals surface area contributed by atoms with Gasteiger partial charge in [0, 0.05) is 5.56 Å². The van der Waals surface area contributed by atoms with Gasteiger partial charge in [0.1, 0.15) is 11.5 Å². The Labute approximate surface area is 166 Å². The fourth-order valence-electron chi connectivity index (χ4n) is 2.54. The first kappa shape index (κ1) is 19.5. The summed E-state index contributed by atoms with van der Waals surface area (Å²) in [7, 11) is 4.43. The predicted molar refractivity (Wildman–Crippen MR) is 108 cm³/mol. The van der Waals surface area contributed by atoms with Gasteiger partial charge < -0.3 is 19.5 Å². The summed E-state index contributed by atoms with van der Waals surface area (Å²) in [6.07, 6.45) is 1.70. The summed E-state index contributed by atoms with van der Waals surface area (Å²) in [6.45, 7) is 0. The molecule has 0 bridgehead atoms. The maximum atomic E-state index is 12.4. The third-order valence-corrected chi connectivity index (χ3v) is 4.82. The Bertz CT molecular complexity index is 984. The summed E-state index contributed by atoms with van der Waals surface area (Å²) in [5.74, 6) is 0.482. The summed E-state index contributed by atoms with van der Waals surface area (Å²) in [6, 6.07) is 12.1. The Morgan fingerprint density at radius 1 is 1.11 bits per heavy atom. The number of para-hydroxylation sites is 1. The van der Waals surface area contributed by atoms with Crippen LogP contribution in [0.5, 0.6) is 11.5 Å². The smallest absolute Gasteiger partial charge is 0.340 e. The van der Waals surface area contributed by atoms with Gasteiger partial charge in [0.25, 0.3) is 5.91 Å². The third-order valence-electron chi connectivity index (χ3n) is 3.91. The number of nitrogens with one attached hydrogen (secondary N) is 1. The second-order valence-electron chi connectivity index (χ2n) is 5.60. The molecule has 0 spiro atoms. The molecule has 2 aromatic rings. The Morgan fingerprint density at radius 2 is 1.89 bits per heavy atom. The molecule has 0 saturated carbocycles. The van der Waals surface area contributed by atoms with E-state index in [1.54, 1.807) is 62.8 Å². The topological polar surface area (TPSA) is 86.2 Å². The SMILES string of the molecule is COC(=O)c1ccccc1N=C1NC(=O)/C(=C/c2cc(OC)ccc2OC)S1. The van der Waals surface area contributed by atoms with Gasteiger partial charge in [0.05, 0.1) is 37.5 Å². The fraction of sp³-hybridized carbons (Fsp3) is 0.150. The highest BCUT2D eigenvalue weighted by molar-refractivity contribution is 8.18. The molecule has 1 aliphatic heterocycles. The van der Waals surface area contributed by atoms with Gasteiger partial charge in [0.2, 0.25) is 0 Å². The first-order valence-electron chi connectivity index (χ1n) is 8.24. The number of thioether (sulfide) groups is 1. The van der Waals surface area contributed by atoms with E-state index < -0.39 is 5.97 Å². The van der Waals surface area contributed by atoms with Crippen LogP contribution < -0.4 is 14.8 Å². The highest BCUT2D eigenvalue weighted by Gasteiger charge is 2.25. The van der Waals surface area contributed by atoms with E-state index in [9.17, 15) is 9.59 Å². The van der Waals surface area contributed by atoms with Crippen molar-refractivity contribution in [3.8, 4) is 11.5 Å². The summed E-state index contributed by atoms with van der Waals surface area (Å²) < 4.78 is 15.3. The van der Waals surface area contributed by atoms with E-state index in [0.29, 0.717) is 38.4 Å². The van der Waals surface area contributed by atoms with Gasteiger partial charge in [-0.2, -0.15) is 0 Å². The minimum absolute atomic E-state index is 0.288. The van der Waals surface area contributed by atoms with Gasteiger partial charge in [-0.15, -0.1) is 0 Å². The number of hydrogen-bond acceptors (Lipinski definition) is 7. The molecule has 0 atom stereocenters. The molecule has 3 rings (SSSR count). The lowest BCUT2D eigenvalue weighted by Crippen LogP contribution is -2.19. The van der Waals surface area contributed by atoms with Crippen LogP contribution in [0.4, 0.5) is 5.69 Å². The average Bonchev–Trinajstić information content (AvgIpc) is 3.06. The molecule has 2 aromatic carbocycles. The minimum atomic E-state index is -0.494. The molecule has 0 aliphatic carbocycles. The Morgan fingerprint density at radius 3 is 2.61 bits per heavy atom. The molecule has 1 saturated heterocycles. The molecule has 1 heterocycles. The highest BCUT2D eigenvalue weighted by atomic mass is 32.2. The lowest BCUT2D eigenvalue weighted by Gasteiger charge is -2.07. The van der Waals surface area contributed by atoms with E-state index in [2.05, 4.69) is 10.3 Å². The van der Waals surface area contributed by atoms with Gasteiger partial charge in [0.15, 0.2) is 5.17 Å². The van der Waals surface area contributed by atoms with Crippen molar-refractivity contribution in [2.75, 3.05) is 21.3 Å². The van der Waals surface area contributed by atoms with Crippen LogP contribution in [0.3, 0.4) is 0 Å². The molecule has 7 nitrogen and oxygen atoms in total. The highest BCUT2D eigenvalue weighted by Crippen LogP contribution is 2.32. The van der Waals surface area contributed by atoms with Crippen molar-refractivity contribution < 1.29 is 23.8 Å². The van der Waals surface area contributed by atoms with E-state index in [0.717, 1.165) is 0 Å². The van der Waals surface area contributed by atoms with Gasteiger partial charge in [-0.3, -0.25) is 4.79 Å². The monoisotopic (exact) mass is 398 g/mol. The van der Waals surface area contributed by atoms with Gasteiger partial charge in [-0.1, -0.05) is 12.1 Å². The first-order chi connectivity index (χ1) is 13.5. The summed E-state index contributed by atoms with van der Waals surface area (Å²) >= 11 is 1.17. The Hall–Kier alpha value is -3.26. The van der Waals surface area contributed by atoms with Crippen LogP contribution in [0.1, 0.15) is 15.9 Å². The normalized spacial score (nSPS) is 16.2. The molecule has 1 amide bonds. The van der Waals surface area contributed by atoms with Crippen LogP contribution >= 0.6 is 11.8 Å². The number of carbonyl (C=O) groups excluding carboxylic acids is 2. The molecule has 1 fully saturated rings. The zero-order valence-electron chi connectivity index (χ0n) is 15.5. The van der Waals surface area contributed by atoms with Gasteiger partial charge in [-0.25, -0.2) is 9.79 Å². The molecule has 0 radical (unpaired) electrons. The average molecular weight is 398 g/mol. The lowest BCUT2D eigenvalue weighted by molar-refractivity contribution is -0.115. The number of amidine groups is 1. The van der Waals surface area contributed by atoms with Crippen molar-refractivity contribution in [3.05, 3.63) is 58.5 Å².